The molecule has 1 saturated carbocycles. The monoisotopic (exact) mass is 782 g/mol. The first-order valence-electron chi connectivity index (χ1n) is 21.1. The van der Waals surface area contributed by atoms with Gasteiger partial charge in [0, 0.05) is 36.8 Å². The summed E-state index contributed by atoms with van der Waals surface area (Å²) in [7, 11) is 0. The third-order valence-corrected chi connectivity index (χ3v) is 11.6. The molecular formula is C50H59FN4O3. The molecule has 0 amide bonds. The van der Waals surface area contributed by atoms with Gasteiger partial charge in [0.15, 0.2) is 0 Å². The van der Waals surface area contributed by atoms with E-state index in [1.165, 1.54) is 45.4 Å². The van der Waals surface area contributed by atoms with Gasteiger partial charge in [-0.1, -0.05) is 76.4 Å². The van der Waals surface area contributed by atoms with E-state index in [1.54, 1.807) is 6.07 Å². The van der Waals surface area contributed by atoms with Crippen molar-refractivity contribution in [1.29, 1.82) is 21.0 Å². The molecule has 0 radical (unpaired) electrons. The lowest BCUT2D eigenvalue weighted by atomic mass is 9.77. The highest BCUT2D eigenvalue weighted by Gasteiger charge is 2.34. The molecule has 4 rings (SSSR count). The topological polar surface area (TPSA) is 131 Å². The maximum Gasteiger partial charge on any atom is 0.333 e. The van der Waals surface area contributed by atoms with Crippen LogP contribution in [0.15, 0.2) is 60.7 Å². The van der Waals surface area contributed by atoms with Gasteiger partial charge in [0.1, 0.15) is 18.2 Å². The Bertz CT molecular complexity index is 1980. The summed E-state index contributed by atoms with van der Waals surface area (Å²) in [4.78, 5) is 12.3. The van der Waals surface area contributed by atoms with Crippen molar-refractivity contribution in [2.45, 2.75) is 136 Å². The number of benzene rings is 3. The van der Waals surface area contributed by atoms with E-state index in [-0.39, 0.29) is 37.4 Å². The molecule has 1 aliphatic rings. The largest absolute Gasteiger partial charge is 0.492 e. The number of hydrogen-bond acceptors (Lipinski definition) is 7. The summed E-state index contributed by atoms with van der Waals surface area (Å²) in [5.41, 5.74) is 6.33. The van der Waals surface area contributed by atoms with E-state index in [9.17, 15) is 25.8 Å². The van der Waals surface area contributed by atoms with Crippen molar-refractivity contribution in [3.05, 3.63) is 88.8 Å². The number of aryl methyl sites for hydroxylation is 3. The van der Waals surface area contributed by atoms with Crippen LogP contribution in [0.1, 0.15) is 139 Å². The number of esters is 1. The molecule has 0 aromatic heterocycles. The normalized spacial score (nSPS) is 15.0. The Hall–Kier alpha value is -5.44. The molecule has 0 bridgehead atoms. The molecule has 58 heavy (non-hydrogen) atoms. The number of carbonyl (C=O) groups excluding carboxylic acids is 1. The first-order valence-corrected chi connectivity index (χ1v) is 21.1. The minimum atomic E-state index is -1.09. The van der Waals surface area contributed by atoms with Crippen molar-refractivity contribution >= 4 is 5.97 Å². The standard InChI is InChI=1S/C50H59FN4O3/c1-5-7-8-13-37-16-18-39(19-17-37)41-21-23-46(47(51)33-41)45-22-20-40(30-38(45)6-2)44-31-42(14-9-11-26-52)48(43(32-44)15-10-12-27-53)57-34-50(24-28-54,25-29-55)35-58-49(56)36(3)4/h20-23,30-33,37,39H,3,5-19,24-25,34-35H2,1-2,4H3. The van der Waals surface area contributed by atoms with Gasteiger partial charge >= 0.3 is 5.97 Å². The Labute approximate surface area is 346 Å². The summed E-state index contributed by atoms with van der Waals surface area (Å²) < 4.78 is 28.0. The Morgan fingerprint density at radius 1 is 0.776 bits per heavy atom. The van der Waals surface area contributed by atoms with Crippen LogP contribution >= 0.6 is 0 Å². The molecule has 7 nitrogen and oxygen atoms in total. The zero-order valence-electron chi connectivity index (χ0n) is 34.8. The second-order valence-electron chi connectivity index (χ2n) is 16.1. The Morgan fingerprint density at radius 2 is 1.40 bits per heavy atom. The molecule has 0 atom stereocenters. The number of hydrogen-bond donors (Lipinski definition) is 0. The molecule has 0 heterocycles. The number of ether oxygens (including phenoxy) is 2. The molecule has 1 aliphatic carbocycles. The van der Waals surface area contributed by atoms with Crippen LogP contribution in [0.4, 0.5) is 4.39 Å². The fourth-order valence-electron chi connectivity index (χ4n) is 8.20. The molecule has 3 aromatic carbocycles. The minimum absolute atomic E-state index is 0.0627. The van der Waals surface area contributed by atoms with E-state index in [1.807, 2.05) is 18.2 Å². The van der Waals surface area contributed by atoms with Gasteiger partial charge < -0.3 is 9.47 Å². The summed E-state index contributed by atoms with van der Waals surface area (Å²) in [6, 6.07) is 24.8. The summed E-state index contributed by atoms with van der Waals surface area (Å²) in [6.07, 6.45) is 13.3. The second-order valence-corrected chi connectivity index (χ2v) is 16.1. The SMILES string of the molecule is C=C(C)C(=O)OCC(CC#N)(CC#N)COc1c(CCCC#N)cc(-c2ccc(-c3ccc(C4CCC(CCCCC)CC4)cc3F)c(CC)c2)cc1CCCC#N. The van der Waals surface area contributed by atoms with Gasteiger partial charge in [-0.05, 0) is 134 Å². The Kier molecular flexibility index (Phi) is 18.0. The van der Waals surface area contributed by atoms with Crippen molar-refractivity contribution in [3.8, 4) is 52.3 Å². The van der Waals surface area contributed by atoms with Gasteiger partial charge in [0.2, 0.25) is 0 Å². The molecule has 8 heteroatoms. The van der Waals surface area contributed by atoms with Crippen molar-refractivity contribution < 1.29 is 18.7 Å². The van der Waals surface area contributed by atoms with Crippen LogP contribution in [0, 0.1) is 62.5 Å². The highest BCUT2D eigenvalue weighted by atomic mass is 19.1. The van der Waals surface area contributed by atoms with Crippen LogP contribution in [-0.4, -0.2) is 19.2 Å². The molecule has 1 fully saturated rings. The molecule has 0 saturated heterocycles. The second kappa shape index (κ2) is 23.1. The lowest BCUT2D eigenvalue weighted by molar-refractivity contribution is -0.143. The van der Waals surface area contributed by atoms with Crippen molar-refractivity contribution in [1.82, 2.24) is 0 Å². The third kappa shape index (κ3) is 12.5. The van der Waals surface area contributed by atoms with Crippen LogP contribution in [0.25, 0.3) is 22.3 Å². The lowest BCUT2D eigenvalue weighted by Crippen LogP contribution is -2.35. The summed E-state index contributed by atoms with van der Waals surface area (Å²) in [5.74, 6) is 0.998. The van der Waals surface area contributed by atoms with Crippen LogP contribution in [0.3, 0.4) is 0 Å². The van der Waals surface area contributed by atoms with Crippen molar-refractivity contribution in [3.63, 3.8) is 0 Å². The zero-order chi connectivity index (χ0) is 41.9. The quantitative estimate of drug-likeness (QED) is 0.0563. The molecule has 3 aromatic rings. The zero-order valence-corrected chi connectivity index (χ0v) is 34.8. The smallest absolute Gasteiger partial charge is 0.333 e. The van der Waals surface area contributed by atoms with E-state index in [4.69, 9.17) is 9.47 Å². The maximum atomic E-state index is 16.0. The first kappa shape index (κ1) is 45.3. The number of halogens is 1. The van der Waals surface area contributed by atoms with E-state index in [0.717, 1.165) is 57.7 Å². The highest BCUT2D eigenvalue weighted by molar-refractivity contribution is 5.87. The van der Waals surface area contributed by atoms with Crippen LogP contribution in [-0.2, 0) is 28.8 Å². The van der Waals surface area contributed by atoms with E-state index < -0.39 is 11.4 Å². The average Bonchev–Trinajstić information content (AvgIpc) is 3.22. The molecule has 304 valence electrons. The van der Waals surface area contributed by atoms with Gasteiger partial charge in [0.25, 0.3) is 0 Å². The first-order chi connectivity index (χ1) is 28.1. The summed E-state index contributed by atoms with van der Waals surface area (Å²) >= 11 is 0. The average molecular weight is 783 g/mol. The fraction of sp³-hybridized carbons (Fsp3) is 0.500. The van der Waals surface area contributed by atoms with Gasteiger partial charge in [-0.2, -0.15) is 21.0 Å². The Morgan fingerprint density at radius 3 is 1.95 bits per heavy atom. The number of carbonyl (C=O) groups is 1. The summed E-state index contributed by atoms with van der Waals surface area (Å²) in [6.45, 7) is 9.24. The predicted octanol–water partition coefficient (Wildman–Crippen LogP) is 12.6. The van der Waals surface area contributed by atoms with Gasteiger partial charge in [-0.3, -0.25) is 0 Å². The predicted molar refractivity (Wildman–Crippen MR) is 227 cm³/mol. The van der Waals surface area contributed by atoms with Gasteiger partial charge in [-0.15, -0.1) is 0 Å². The van der Waals surface area contributed by atoms with Crippen LogP contribution in [0.5, 0.6) is 5.75 Å². The number of nitriles is 4. The van der Waals surface area contributed by atoms with Gasteiger partial charge in [0.05, 0.1) is 36.3 Å². The van der Waals surface area contributed by atoms with Crippen molar-refractivity contribution in [2.24, 2.45) is 11.3 Å². The lowest BCUT2D eigenvalue weighted by Gasteiger charge is -2.30. The van der Waals surface area contributed by atoms with E-state index in [2.05, 4.69) is 69.0 Å². The van der Waals surface area contributed by atoms with E-state index in [0.29, 0.717) is 62.2 Å². The van der Waals surface area contributed by atoms with Crippen LogP contribution in [0.2, 0.25) is 0 Å². The number of nitrogens with zero attached hydrogens (tertiary/aromatic N) is 4. The highest BCUT2D eigenvalue weighted by Crippen LogP contribution is 2.41. The van der Waals surface area contributed by atoms with Gasteiger partial charge in [-0.25, -0.2) is 9.18 Å². The van der Waals surface area contributed by atoms with Crippen molar-refractivity contribution in [2.75, 3.05) is 13.2 Å². The molecule has 0 aliphatic heterocycles. The number of unbranched alkanes of at least 4 members (excludes halogenated alkanes) is 4. The maximum absolute atomic E-state index is 16.0. The Balaban J connectivity index is 1.68. The fourth-order valence-corrected chi connectivity index (χ4v) is 8.20. The summed E-state index contributed by atoms with van der Waals surface area (Å²) in [5, 5.41) is 38.3. The van der Waals surface area contributed by atoms with Crippen LogP contribution < -0.4 is 4.74 Å². The molecule has 0 spiro atoms. The van der Waals surface area contributed by atoms with E-state index >= 15 is 4.39 Å². The molecule has 0 unspecified atom stereocenters. The molecule has 0 N–H and O–H groups in total. The number of rotatable bonds is 22. The third-order valence-electron chi connectivity index (χ3n) is 11.6. The molecular weight excluding hydrogens is 724 g/mol. The minimum Gasteiger partial charge on any atom is -0.492 e.